The Bertz CT molecular complexity index is 683. The number of morpholine rings is 1. The van der Waals surface area contributed by atoms with Crippen LogP contribution < -0.4 is 0 Å². The van der Waals surface area contributed by atoms with Crippen LogP contribution >= 0.6 is 0 Å². The number of hydrogen-bond acceptors (Lipinski definition) is 6. The molecule has 1 aliphatic rings. The van der Waals surface area contributed by atoms with Crippen LogP contribution in [0.1, 0.15) is 18.7 Å². The average molecular weight is 358 g/mol. The van der Waals surface area contributed by atoms with Gasteiger partial charge in [0.1, 0.15) is 0 Å². The van der Waals surface area contributed by atoms with E-state index in [9.17, 15) is 4.79 Å². The molecular weight excluding hydrogens is 332 g/mol. The zero-order chi connectivity index (χ0) is 18.2. The number of ether oxygens (including phenoxy) is 1. The van der Waals surface area contributed by atoms with Crippen LogP contribution in [0.3, 0.4) is 0 Å². The molecule has 7 nitrogen and oxygen atoms in total. The smallest absolute Gasteiger partial charge is 0.247 e. The molecule has 0 bridgehead atoms. The molecule has 1 saturated heterocycles. The number of rotatable bonds is 8. The predicted molar refractivity (Wildman–Crippen MR) is 97.6 cm³/mol. The van der Waals surface area contributed by atoms with Crippen LogP contribution in [0.2, 0.25) is 0 Å². The molecule has 0 radical (unpaired) electrons. The molecule has 1 aliphatic heterocycles. The van der Waals surface area contributed by atoms with Gasteiger partial charge in [-0.1, -0.05) is 18.2 Å². The molecule has 1 amide bonds. The lowest BCUT2D eigenvalue weighted by molar-refractivity contribution is -0.130. The van der Waals surface area contributed by atoms with Gasteiger partial charge in [-0.2, -0.15) is 0 Å². The number of carbonyl (C=O) groups excluding carboxylic acids is 1. The standard InChI is InChI=1S/C19H26N4O3/c1-22(10-5-11-23-12-14-25-15-13-23)18(24)9-8-17-20-21-19(26-17)16-6-3-2-4-7-16/h2-4,6-7H,5,8-15H2,1H3. The van der Waals surface area contributed by atoms with Gasteiger partial charge in [0.2, 0.25) is 17.7 Å². The van der Waals surface area contributed by atoms with Crippen molar-refractivity contribution >= 4 is 5.91 Å². The Labute approximate surface area is 153 Å². The summed E-state index contributed by atoms with van der Waals surface area (Å²) in [6.07, 6.45) is 1.82. The number of hydrogen-bond donors (Lipinski definition) is 0. The van der Waals surface area contributed by atoms with E-state index in [0.717, 1.165) is 51.4 Å². The van der Waals surface area contributed by atoms with Gasteiger partial charge in [-0.15, -0.1) is 10.2 Å². The minimum absolute atomic E-state index is 0.103. The van der Waals surface area contributed by atoms with Crippen molar-refractivity contribution in [1.29, 1.82) is 0 Å². The molecule has 2 aromatic rings. The van der Waals surface area contributed by atoms with E-state index in [4.69, 9.17) is 9.15 Å². The van der Waals surface area contributed by atoms with E-state index < -0.39 is 0 Å². The molecule has 0 spiro atoms. The third-order valence-corrected chi connectivity index (χ3v) is 4.54. The number of aryl methyl sites for hydroxylation is 1. The number of amides is 1. The third-order valence-electron chi connectivity index (χ3n) is 4.54. The van der Waals surface area contributed by atoms with Gasteiger partial charge in [-0.05, 0) is 18.6 Å². The molecule has 0 saturated carbocycles. The van der Waals surface area contributed by atoms with Crippen LogP contribution in [0.15, 0.2) is 34.7 Å². The molecule has 0 N–H and O–H groups in total. The van der Waals surface area contributed by atoms with Crippen LogP contribution in [0.25, 0.3) is 11.5 Å². The maximum atomic E-state index is 12.3. The van der Waals surface area contributed by atoms with Gasteiger partial charge >= 0.3 is 0 Å². The van der Waals surface area contributed by atoms with Gasteiger partial charge in [0.15, 0.2) is 0 Å². The van der Waals surface area contributed by atoms with Crippen LogP contribution in [-0.2, 0) is 16.0 Å². The van der Waals surface area contributed by atoms with Crippen molar-refractivity contribution in [3.63, 3.8) is 0 Å². The van der Waals surface area contributed by atoms with E-state index in [1.165, 1.54) is 0 Å². The predicted octanol–water partition coefficient (Wildman–Crippen LogP) is 1.85. The normalized spacial score (nSPS) is 15.1. The Hall–Kier alpha value is -2.25. The van der Waals surface area contributed by atoms with E-state index in [0.29, 0.717) is 24.6 Å². The highest BCUT2D eigenvalue weighted by molar-refractivity contribution is 5.76. The van der Waals surface area contributed by atoms with Crippen LogP contribution in [0.4, 0.5) is 0 Å². The number of benzene rings is 1. The molecular formula is C19H26N4O3. The van der Waals surface area contributed by atoms with Gasteiger partial charge in [-0.25, -0.2) is 0 Å². The molecule has 0 unspecified atom stereocenters. The van der Waals surface area contributed by atoms with Crippen LogP contribution in [-0.4, -0.2) is 72.3 Å². The Balaban J connectivity index is 1.38. The zero-order valence-electron chi connectivity index (χ0n) is 15.3. The summed E-state index contributed by atoms with van der Waals surface area (Å²) in [6.45, 7) is 5.35. The summed E-state index contributed by atoms with van der Waals surface area (Å²) in [5, 5.41) is 8.09. The van der Waals surface area contributed by atoms with Gasteiger partial charge in [0.05, 0.1) is 13.2 Å². The summed E-state index contributed by atoms with van der Waals surface area (Å²) in [5.41, 5.74) is 0.887. The van der Waals surface area contributed by atoms with Crippen molar-refractivity contribution in [3.05, 3.63) is 36.2 Å². The Morgan fingerprint density at radius 3 is 2.73 bits per heavy atom. The average Bonchev–Trinajstić information content (AvgIpc) is 3.16. The summed E-state index contributed by atoms with van der Waals surface area (Å²) in [4.78, 5) is 16.4. The zero-order valence-corrected chi connectivity index (χ0v) is 15.3. The molecule has 1 aromatic heterocycles. The van der Waals surface area contributed by atoms with Gasteiger partial charge < -0.3 is 14.1 Å². The Morgan fingerprint density at radius 2 is 1.96 bits per heavy atom. The minimum atomic E-state index is 0.103. The minimum Gasteiger partial charge on any atom is -0.421 e. The first-order valence-electron chi connectivity index (χ1n) is 9.14. The molecule has 1 fully saturated rings. The second-order valence-corrected chi connectivity index (χ2v) is 6.49. The van der Waals surface area contributed by atoms with E-state index in [2.05, 4.69) is 15.1 Å². The van der Waals surface area contributed by atoms with Crippen molar-refractivity contribution in [2.24, 2.45) is 0 Å². The van der Waals surface area contributed by atoms with Crippen molar-refractivity contribution < 1.29 is 13.9 Å². The molecule has 26 heavy (non-hydrogen) atoms. The maximum Gasteiger partial charge on any atom is 0.247 e. The summed E-state index contributed by atoms with van der Waals surface area (Å²) >= 11 is 0. The fraction of sp³-hybridized carbons (Fsp3) is 0.526. The molecule has 2 heterocycles. The number of carbonyl (C=O) groups is 1. The first-order chi connectivity index (χ1) is 12.7. The summed E-state index contributed by atoms with van der Waals surface area (Å²) in [5.74, 6) is 1.09. The SMILES string of the molecule is CN(CCCN1CCOCC1)C(=O)CCc1nnc(-c2ccccc2)o1. The Kier molecular flexibility index (Phi) is 6.74. The summed E-state index contributed by atoms with van der Waals surface area (Å²) in [6, 6.07) is 9.63. The first kappa shape index (κ1) is 18.5. The maximum absolute atomic E-state index is 12.3. The van der Waals surface area contributed by atoms with Crippen LogP contribution in [0, 0.1) is 0 Å². The number of aromatic nitrogens is 2. The highest BCUT2D eigenvalue weighted by Crippen LogP contribution is 2.17. The van der Waals surface area contributed by atoms with E-state index in [1.54, 1.807) is 4.90 Å². The highest BCUT2D eigenvalue weighted by Gasteiger charge is 2.14. The topological polar surface area (TPSA) is 71.7 Å². The molecule has 140 valence electrons. The molecule has 3 rings (SSSR count). The van der Waals surface area contributed by atoms with Crippen molar-refractivity contribution in [1.82, 2.24) is 20.0 Å². The highest BCUT2D eigenvalue weighted by atomic mass is 16.5. The lowest BCUT2D eigenvalue weighted by atomic mass is 10.2. The monoisotopic (exact) mass is 358 g/mol. The van der Waals surface area contributed by atoms with Crippen molar-refractivity contribution in [3.8, 4) is 11.5 Å². The van der Waals surface area contributed by atoms with E-state index in [-0.39, 0.29) is 5.91 Å². The largest absolute Gasteiger partial charge is 0.421 e. The lowest BCUT2D eigenvalue weighted by Gasteiger charge is -2.27. The third kappa shape index (κ3) is 5.37. The van der Waals surface area contributed by atoms with Crippen molar-refractivity contribution in [2.45, 2.75) is 19.3 Å². The van der Waals surface area contributed by atoms with E-state index >= 15 is 0 Å². The lowest BCUT2D eigenvalue weighted by Crippen LogP contribution is -2.38. The van der Waals surface area contributed by atoms with E-state index in [1.807, 2.05) is 37.4 Å². The second-order valence-electron chi connectivity index (χ2n) is 6.49. The quantitative estimate of drug-likeness (QED) is 0.717. The van der Waals surface area contributed by atoms with Gasteiger partial charge in [-0.3, -0.25) is 9.69 Å². The van der Waals surface area contributed by atoms with Gasteiger partial charge in [0, 0.05) is 51.6 Å². The molecule has 1 aromatic carbocycles. The van der Waals surface area contributed by atoms with Crippen LogP contribution in [0.5, 0.6) is 0 Å². The second kappa shape index (κ2) is 9.45. The molecule has 7 heteroatoms. The Morgan fingerprint density at radius 1 is 1.19 bits per heavy atom. The fourth-order valence-corrected chi connectivity index (χ4v) is 2.94. The first-order valence-corrected chi connectivity index (χ1v) is 9.14. The number of nitrogens with zero attached hydrogens (tertiary/aromatic N) is 4. The summed E-state index contributed by atoms with van der Waals surface area (Å²) < 4.78 is 11.0. The summed E-state index contributed by atoms with van der Waals surface area (Å²) in [7, 11) is 1.85. The molecule has 0 aliphatic carbocycles. The van der Waals surface area contributed by atoms with Gasteiger partial charge in [0.25, 0.3) is 0 Å². The molecule has 0 atom stereocenters. The van der Waals surface area contributed by atoms with Crippen molar-refractivity contribution in [2.75, 3.05) is 46.4 Å². The fourth-order valence-electron chi connectivity index (χ4n) is 2.94.